The zero-order valence-electron chi connectivity index (χ0n) is 14.0. The number of rotatable bonds is 5. The zero-order chi connectivity index (χ0) is 15.4. The Morgan fingerprint density at radius 2 is 2.09 bits per heavy atom. The van der Waals surface area contributed by atoms with Crippen molar-refractivity contribution >= 4 is 41.3 Å². The molecule has 0 spiro atoms. The molecule has 130 valence electrons. The maximum atomic E-state index is 4.40. The number of piperidine rings is 1. The first-order valence-electron chi connectivity index (χ1n) is 8.37. The number of aliphatic imine (C=N–C) groups is 1. The molecule has 1 aliphatic heterocycles. The first-order valence-corrected chi connectivity index (χ1v) is 9.19. The Hall–Kier alpha value is -0.410. The molecule has 5 nitrogen and oxygen atoms in total. The van der Waals surface area contributed by atoms with Crippen LogP contribution in [0.4, 0.5) is 0 Å². The maximum absolute atomic E-state index is 4.40. The third-order valence-corrected chi connectivity index (χ3v) is 5.43. The lowest BCUT2D eigenvalue weighted by molar-refractivity contribution is 0.197. The summed E-state index contributed by atoms with van der Waals surface area (Å²) in [5.74, 6) is 0.929. The fourth-order valence-corrected chi connectivity index (χ4v) is 3.83. The van der Waals surface area contributed by atoms with Gasteiger partial charge in [-0.05, 0) is 32.6 Å². The van der Waals surface area contributed by atoms with Gasteiger partial charge in [0.05, 0.1) is 5.01 Å². The van der Waals surface area contributed by atoms with E-state index in [0.29, 0.717) is 6.04 Å². The molecule has 0 aromatic carbocycles. The van der Waals surface area contributed by atoms with E-state index in [2.05, 4.69) is 32.4 Å². The van der Waals surface area contributed by atoms with Gasteiger partial charge in [-0.2, -0.15) is 0 Å². The minimum absolute atomic E-state index is 0. The van der Waals surface area contributed by atoms with E-state index in [-0.39, 0.29) is 24.0 Å². The van der Waals surface area contributed by atoms with Gasteiger partial charge in [0, 0.05) is 56.3 Å². The van der Waals surface area contributed by atoms with Crippen LogP contribution in [0.5, 0.6) is 0 Å². The summed E-state index contributed by atoms with van der Waals surface area (Å²) in [6, 6.07) is 1.46. The SMILES string of the molecule is CN=C(NCCc1ncc(C)s1)NC1CCN(C2CC2)CC1.I. The quantitative estimate of drug-likeness (QED) is 0.412. The lowest BCUT2D eigenvalue weighted by atomic mass is 10.1. The minimum atomic E-state index is 0. The molecule has 2 aliphatic rings. The van der Waals surface area contributed by atoms with Crippen LogP contribution in [0.2, 0.25) is 0 Å². The van der Waals surface area contributed by atoms with Crippen LogP contribution in [0.3, 0.4) is 0 Å². The zero-order valence-corrected chi connectivity index (χ0v) is 17.2. The lowest BCUT2D eigenvalue weighted by Gasteiger charge is -2.33. The van der Waals surface area contributed by atoms with Crippen molar-refractivity contribution in [3.63, 3.8) is 0 Å². The standard InChI is InChI=1S/C16H27N5S.HI/c1-12-11-19-15(22-12)5-8-18-16(17-2)20-13-6-9-21(10-7-13)14-3-4-14;/h11,13-14H,3-10H2,1-2H3,(H2,17,18,20);1H. The molecule has 0 atom stereocenters. The summed E-state index contributed by atoms with van der Waals surface area (Å²) >= 11 is 1.77. The number of nitrogens with zero attached hydrogens (tertiary/aromatic N) is 3. The lowest BCUT2D eigenvalue weighted by Crippen LogP contribution is -2.49. The largest absolute Gasteiger partial charge is 0.356 e. The molecule has 1 aromatic heterocycles. The van der Waals surface area contributed by atoms with Crippen LogP contribution in [0.15, 0.2) is 11.2 Å². The van der Waals surface area contributed by atoms with Gasteiger partial charge in [-0.15, -0.1) is 35.3 Å². The fraction of sp³-hybridized carbons (Fsp3) is 0.750. The number of hydrogen-bond donors (Lipinski definition) is 2. The van der Waals surface area contributed by atoms with Gasteiger partial charge < -0.3 is 15.5 Å². The van der Waals surface area contributed by atoms with Crippen LogP contribution < -0.4 is 10.6 Å². The highest BCUT2D eigenvalue weighted by molar-refractivity contribution is 14.0. The van der Waals surface area contributed by atoms with E-state index >= 15 is 0 Å². The monoisotopic (exact) mass is 449 g/mol. The van der Waals surface area contributed by atoms with E-state index < -0.39 is 0 Å². The maximum Gasteiger partial charge on any atom is 0.191 e. The van der Waals surface area contributed by atoms with Crippen LogP contribution in [-0.4, -0.2) is 54.6 Å². The van der Waals surface area contributed by atoms with E-state index in [9.17, 15) is 0 Å². The minimum Gasteiger partial charge on any atom is -0.356 e. The molecule has 1 aromatic rings. The Kier molecular flexibility index (Phi) is 7.55. The predicted molar refractivity (Wildman–Crippen MR) is 108 cm³/mol. The first-order chi connectivity index (χ1) is 10.7. The van der Waals surface area contributed by atoms with Crippen molar-refractivity contribution in [2.24, 2.45) is 4.99 Å². The molecule has 7 heteroatoms. The molecule has 2 N–H and O–H groups in total. The Bertz CT molecular complexity index is 506. The summed E-state index contributed by atoms with van der Waals surface area (Å²) in [5, 5.41) is 8.18. The number of thiazole rings is 1. The Labute approximate surface area is 160 Å². The second-order valence-electron chi connectivity index (χ2n) is 6.30. The van der Waals surface area contributed by atoms with Crippen LogP contribution >= 0.6 is 35.3 Å². The average molecular weight is 449 g/mol. The number of nitrogens with one attached hydrogen (secondary N) is 2. The first kappa shape index (κ1) is 18.9. The number of likely N-dealkylation sites (tertiary alicyclic amines) is 1. The second-order valence-corrected chi connectivity index (χ2v) is 7.62. The molecule has 3 rings (SSSR count). The van der Waals surface area contributed by atoms with Crippen molar-refractivity contribution in [3.05, 3.63) is 16.1 Å². The van der Waals surface area contributed by atoms with Crippen molar-refractivity contribution in [1.29, 1.82) is 0 Å². The molecule has 0 unspecified atom stereocenters. The van der Waals surface area contributed by atoms with Gasteiger partial charge in [0.1, 0.15) is 0 Å². The molecule has 0 bridgehead atoms. The summed E-state index contributed by atoms with van der Waals surface area (Å²) in [4.78, 5) is 12.7. The van der Waals surface area contributed by atoms with Crippen LogP contribution in [0, 0.1) is 6.92 Å². The molecule has 0 radical (unpaired) electrons. The number of aryl methyl sites for hydroxylation is 1. The third kappa shape index (κ3) is 5.86. The van der Waals surface area contributed by atoms with E-state index in [4.69, 9.17) is 0 Å². The van der Waals surface area contributed by atoms with Gasteiger partial charge in [0.2, 0.25) is 0 Å². The van der Waals surface area contributed by atoms with Gasteiger partial charge in [-0.1, -0.05) is 0 Å². The number of guanidine groups is 1. The Morgan fingerprint density at radius 1 is 1.35 bits per heavy atom. The van der Waals surface area contributed by atoms with Gasteiger partial charge >= 0.3 is 0 Å². The molecule has 2 heterocycles. The van der Waals surface area contributed by atoms with E-state index in [1.807, 2.05) is 13.2 Å². The second kappa shape index (κ2) is 9.17. The third-order valence-electron chi connectivity index (χ3n) is 4.46. The van der Waals surface area contributed by atoms with Gasteiger partial charge in [-0.25, -0.2) is 4.98 Å². The van der Waals surface area contributed by atoms with Crippen molar-refractivity contribution in [2.75, 3.05) is 26.7 Å². The van der Waals surface area contributed by atoms with Gasteiger partial charge in [-0.3, -0.25) is 4.99 Å². The van der Waals surface area contributed by atoms with E-state index in [1.54, 1.807) is 11.3 Å². The highest BCUT2D eigenvalue weighted by Gasteiger charge is 2.31. The molecule has 1 aliphatic carbocycles. The molecule has 1 saturated carbocycles. The van der Waals surface area contributed by atoms with E-state index in [1.165, 1.54) is 48.7 Å². The number of hydrogen-bond acceptors (Lipinski definition) is 4. The summed E-state index contributed by atoms with van der Waals surface area (Å²) in [5.41, 5.74) is 0. The average Bonchev–Trinajstić information content (AvgIpc) is 3.30. The summed E-state index contributed by atoms with van der Waals surface area (Å²) in [6.45, 7) is 5.45. The van der Waals surface area contributed by atoms with Crippen molar-refractivity contribution in [1.82, 2.24) is 20.5 Å². The van der Waals surface area contributed by atoms with Crippen molar-refractivity contribution in [3.8, 4) is 0 Å². The van der Waals surface area contributed by atoms with E-state index in [0.717, 1.165) is 25.0 Å². The highest BCUT2D eigenvalue weighted by Crippen LogP contribution is 2.29. The molecular weight excluding hydrogens is 421 g/mol. The molecular formula is C16H28IN5S. The summed E-state index contributed by atoms with van der Waals surface area (Å²) < 4.78 is 0. The molecule has 1 saturated heterocycles. The molecule has 2 fully saturated rings. The molecule has 23 heavy (non-hydrogen) atoms. The topological polar surface area (TPSA) is 52.6 Å². The Morgan fingerprint density at radius 3 is 2.65 bits per heavy atom. The highest BCUT2D eigenvalue weighted by atomic mass is 127. The fourth-order valence-electron chi connectivity index (χ4n) is 3.04. The Balaban J connectivity index is 0.00000192. The number of halogens is 1. The van der Waals surface area contributed by atoms with Crippen LogP contribution in [0.25, 0.3) is 0 Å². The number of aromatic nitrogens is 1. The summed E-state index contributed by atoms with van der Waals surface area (Å²) in [6.07, 6.45) is 8.18. The van der Waals surface area contributed by atoms with Crippen LogP contribution in [0.1, 0.15) is 35.6 Å². The normalized spacial score (nSPS) is 20.2. The van der Waals surface area contributed by atoms with Gasteiger partial charge in [0.25, 0.3) is 0 Å². The predicted octanol–water partition coefficient (Wildman–Crippen LogP) is 2.40. The van der Waals surface area contributed by atoms with Gasteiger partial charge in [0.15, 0.2) is 5.96 Å². The smallest absolute Gasteiger partial charge is 0.191 e. The van der Waals surface area contributed by atoms with Crippen molar-refractivity contribution < 1.29 is 0 Å². The van der Waals surface area contributed by atoms with Crippen LogP contribution in [-0.2, 0) is 6.42 Å². The molecule has 0 amide bonds. The van der Waals surface area contributed by atoms with Crippen molar-refractivity contribution in [2.45, 2.75) is 51.1 Å². The summed E-state index contributed by atoms with van der Waals surface area (Å²) in [7, 11) is 1.85.